The summed E-state index contributed by atoms with van der Waals surface area (Å²) in [4.78, 5) is 13.4. The molecule has 0 saturated carbocycles. The molecule has 0 aliphatic carbocycles. The van der Waals surface area contributed by atoms with Crippen molar-refractivity contribution in [3.63, 3.8) is 0 Å². The van der Waals surface area contributed by atoms with Gasteiger partial charge < -0.3 is 20.1 Å². The summed E-state index contributed by atoms with van der Waals surface area (Å²) in [5, 5.41) is 18.0. The number of anilines is 2. The number of fused-ring (bicyclic) bond motifs is 1. The van der Waals surface area contributed by atoms with Gasteiger partial charge in [0.2, 0.25) is 5.95 Å². The van der Waals surface area contributed by atoms with E-state index >= 15 is 0 Å². The average molecular weight is 485 g/mol. The highest BCUT2D eigenvalue weighted by Gasteiger charge is 2.35. The van der Waals surface area contributed by atoms with E-state index in [4.69, 9.17) is 9.47 Å². The van der Waals surface area contributed by atoms with Crippen molar-refractivity contribution in [2.24, 2.45) is 0 Å². The number of ether oxygens (including phenoxy) is 2. The monoisotopic (exact) mass is 484 g/mol. The van der Waals surface area contributed by atoms with Gasteiger partial charge in [-0.1, -0.05) is 17.2 Å². The summed E-state index contributed by atoms with van der Waals surface area (Å²) < 4.78 is 13.2. The molecule has 1 aliphatic rings. The molecule has 31 heavy (non-hydrogen) atoms. The van der Waals surface area contributed by atoms with Crippen LogP contribution >= 0.6 is 15.9 Å². The van der Waals surface area contributed by atoms with Gasteiger partial charge in [0.25, 0.3) is 5.91 Å². The van der Waals surface area contributed by atoms with Crippen LogP contribution in [0.2, 0.25) is 0 Å². The third kappa shape index (κ3) is 3.86. The Balaban J connectivity index is 1.82. The Morgan fingerprint density at radius 1 is 1.19 bits per heavy atom. The summed E-state index contributed by atoms with van der Waals surface area (Å²) in [7, 11) is 3.13. The summed E-state index contributed by atoms with van der Waals surface area (Å²) in [6, 6.07) is 10.7. The largest absolute Gasteiger partial charge is 0.493 e. The second-order valence-corrected chi connectivity index (χ2v) is 7.93. The molecule has 0 fully saturated rings. The SMILES string of the molecule is COc1cc(C2C(C(=O)Nc3cccc(C)c3)=C(C)Nc3nnnn32)cc(Br)c1OC. The molecule has 4 rings (SSSR count). The number of amides is 1. The zero-order valence-electron chi connectivity index (χ0n) is 17.4. The highest BCUT2D eigenvalue weighted by molar-refractivity contribution is 9.10. The number of hydrogen-bond donors (Lipinski definition) is 2. The van der Waals surface area contributed by atoms with E-state index in [0.29, 0.717) is 38.9 Å². The molecular formula is C21H21BrN6O3. The Morgan fingerprint density at radius 3 is 2.71 bits per heavy atom. The Bertz CT molecular complexity index is 1190. The summed E-state index contributed by atoms with van der Waals surface area (Å²) in [6.07, 6.45) is 0. The zero-order valence-corrected chi connectivity index (χ0v) is 19.0. The number of rotatable bonds is 5. The first-order chi connectivity index (χ1) is 14.9. The first-order valence-electron chi connectivity index (χ1n) is 9.48. The molecule has 2 N–H and O–H groups in total. The van der Waals surface area contributed by atoms with Crippen molar-refractivity contribution in [3.05, 3.63) is 63.3 Å². The lowest BCUT2D eigenvalue weighted by molar-refractivity contribution is -0.113. The van der Waals surface area contributed by atoms with Crippen molar-refractivity contribution >= 4 is 33.5 Å². The number of methoxy groups -OCH3 is 2. The van der Waals surface area contributed by atoms with E-state index in [1.54, 1.807) is 18.9 Å². The second kappa shape index (κ2) is 8.38. The number of benzene rings is 2. The Labute approximate surface area is 187 Å². The Hall–Kier alpha value is -3.40. The van der Waals surface area contributed by atoms with Crippen molar-refractivity contribution in [2.75, 3.05) is 24.9 Å². The number of aryl methyl sites for hydroxylation is 1. The summed E-state index contributed by atoms with van der Waals surface area (Å²) >= 11 is 3.53. The molecule has 10 heteroatoms. The molecule has 0 radical (unpaired) electrons. The van der Waals surface area contributed by atoms with Gasteiger partial charge in [-0.05, 0) is 75.6 Å². The van der Waals surface area contributed by atoms with Gasteiger partial charge >= 0.3 is 0 Å². The number of carbonyl (C=O) groups is 1. The van der Waals surface area contributed by atoms with Gasteiger partial charge in [-0.3, -0.25) is 4.79 Å². The molecule has 1 unspecified atom stereocenters. The molecule has 0 saturated heterocycles. The molecule has 1 aliphatic heterocycles. The fourth-order valence-electron chi connectivity index (χ4n) is 3.63. The molecule has 0 bridgehead atoms. The third-order valence-electron chi connectivity index (χ3n) is 5.01. The maximum atomic E-state index is 13.4. The van der Waals surface area contributed by atoms with Gasteiger partial charge in [0.15, 0.2) is 11.5 Å². The number of tetrazole rings is 1. The first kappa shape index (κ1) is 20.9. The van der Waals surface area contributed by atoms with Crippen LogP contribution in [0, 0.1) is 6.92 Å². The van der Waals surface area contributed by atoms with Crippen LogP contribution < -0.4 is 20.1 Å². The smallest absolute Gasteiger partial charge is 0.255 e. The van der Waals surface area contributed by atoms with Crippen LogP contribution in [0.25, 0.3) is 0 Å². The minimum Gasteiger partial charge on any atom is -0.493 e. The van der Waals surface area contributed by atoms with E-state index in [0.717, 1.165) is 11.1 Å². The van der Waals surface area contributed by atoms with Crippen LogP contribution in [0.5, 0.6) is 11.5 Å². The van der Waals surface area contributed by atoms with Gasteiger partial charge in [0, 0.05) is 11.4 Å². The van der Waals surface area contributed by atoms with E-state index in [-0.39, 0.29) is 5.91 Å². The second-order valence-electron chi connectivity index (χ2n) is 7.08. The van der Waals surface area contributed by atoms with E-state index in [1.807, 2.05) is 50.2 Å². The molecule has 0 spiro atoms. The van der Waals surface area contributed by atoms with Crippen LogP contribution in [-0.2, 0) is 4.79 Å². The molecule has 9 nitrogen and oxygen atoms in total. The maximum absolute atomic E-state index is 13.4. The van der Waals surface area contributed by atoms with Crippen LogP contribution in [0.1, 0.15) is 24.1 Å². The lowest BCUT2D eigenvalue weighted by Crippen LogP contribution is -2.31. The molecular weight excluding hydrogens is 464 g/mol. The number of carbonyl (C=O) groups excluding carboxylic acids is 1. The van der Waals surface area contributed by atoms with Crippen molar-refractivity contribution in [1.29, 1.82) is 0 Å². The molecule has 1 aromatic heterocycles. The van der Waals surface area contributed by atoms with Crippen molar-refractivity contribution < 1.29 is 14.3 Å². The number of nitrogens with zero attached hydrogens (tertiary/aromatic N) is 4. The maximum Gasteiger partial charge on any atom is 0.255 e. The van der Waals surface area contributed by atoms with E-state index < -0.39 is 6.04 Å². The number of aromatic nitrogens is 4. The normalized spacial score (nSPS) is 15.2. The van der Waals surface area contributed by atoms with Crippen LogP contribution in [0.3, 0.4) is 0 Å². The third-order valence-corrected chi connectivity index (χ3v) is 5.60. The van der Waals surface area contributed by atoms with Crippen molar-refractivity contribution in [2.45, 2.75) is 19.9 Å². The zero-order chi connectivity index (χ0) is 22.1. The molecule has 160 valence electrons. The minimum absolute atomic E-state index is 0.257. The topological polar surface area (TPSA) is 103 Å². The van der Waals surface area contributed by atoms with E-state index in [9.17, 15) is 4.79 Å². The number of nitrogens with one attached hydrogen (secondary N) is 2. The Morgan fingerprint density at radius 2 is 2.00 bits per heavy atom. The summed E-state index contributed by atoms with van der Waals surface area (Å²) in [6.45, 7) is 3.80. The predicted octanol–water partition coefficient (Wildman–Crippen LogP) is 3.69. The van der Waals surface area contributed by atoms with Crippen LogP contribution in [-0.4, -0.2) is 40.3 Å². The predicted molar refractivity (Wildman–Crippen MR) is 119 cm³/mol. The number of allylic oxidation sites excluding steroid dienone is 1. The fraction of sp³-hybridized carbons (Fsp3) is 0.238. The minimum atomic E-state index is -0.577. The van der Waals surface area contributed by atoms with Gasteiger partial charge in [-0.15, -0.1) is 0 Å². The van der Waals surface area contributed by atoms with Crippen LogP contribution in [0.4, 0.5) is 11.6 Å². The molecule has 2 aromatic carbocycles. The van der Waals surface area contributed by atoms with Crippen molar-refractivity contribution in [1.82, 2.24) is 20.2 Å². The van der Waals surface area contributed by atoms with Gasteiger partial charge in [0.05, 0.1) is 24.3 Å². The summed E-state index contributed by atoms with van der Waals surface area (Å²) in [5.74, 6) is 1.27. The number of halogens is 1. The molecule has 1 atom stereocenters. The number of hydrogen-bond acceptors (Lipinski definition) is 7. The highest BCUT2D eigenvalue weighted by atomic mass is 79.9. The fourth-order valence-corrected chi connectivity index (χ4v) is 4.25. The molecule has 3 aromatic rings. The Kier molecular flexibility index (Phi) is 5.64. The van der Waals surface area contributed by atoms with Gasteiger partial charge in [-0.25, -0.2) is 0 Å². The van der Waals surface area contributed by atoms with Crippen molar-refractivity contribution in [3.8, 4) is 11.5 Å². The highest BCUT2D eigenvalue weighted by Crippen LogP contribution is 2.42. The molecule has 1 amide bonds. The lowest BCUT2D eigenvalue weighted by atomic mass is 9.94. The van der Waals surface area contributed by atoms with Gasteiger partial charge in [0.1, 0.15) is 6.04 Å². The first-order valence-corrected chi connectivity index (χ1v) is 10.3. The van der Waals surface area contributed by atoms with Gasteiger partial charge in [-0.2, -0.15) is 4.68 Å². The van der Waals surface area contributed by atoms with E-state index in [1.165, 1.54) is 0 Å². The summed E-state index contributed by atoms with van der Waals surface area (Å²) in [5.41, 5.74) is 3.66. The van der Waals surface area contributed by atoms with E-state index in [2.05, 4.69) is 42.1 Å². The lowest BCUT2D eigenvalue weighted by Gasteiger charge is -2.28. The van der Waals surface area contributed by atoms with Crippen LogP contribution in [0.15, 0.2) is 52.1 Å². The molecule has 2 heterocycles. The quantitative estimate of drug-likeness (QED) is 0.568. The average Bonchev–Trinajstić information content (AvgIpc) is 3.19. The standard InChI is InChI=1S/C21H21BrN6O3/c1-11-6-5-7-14(8-11)24-20(29)17-12(2)23-21-25-26-27-28(21)18(17)13-9-15(22)19(31-4)16(10-13)30-3/h5-10,18H,1-4H3,(H,24,29)(H,23,25,27).